The van der Waals surface area contributed by atoms with Gasteiger partial charge in [-0.15, -0.1) is 0 Å². The fourth-order valence-corrected chi connectivity index (χ4v) is 3.72. The molecule has 4 heteroatoms. The van der Waals surface area contributed by atoms with Gasteiger partial charge in [-0.25, -0.2) is 0 Å². The van der Waals surface area contributed by atoms with Gasteiger partial charge in [0.05, 0.1) is 17.3 Å². The Morgan fingerprint density at radius 3 is 2.94 bits per heavy atom. The van der Waals surface area contributed by atoms with Gasteiger partial charge in [-0.2, -0.15) is 5.26 Å². The van der Waals surface area contributed by atoms with Crippen molar-refractivity contribution in [3.8, 4) is 6.07 Å². The number of anilines is 1. The van der Waals surface area contributed by atoms with Crippen LogP contribution in [0, 0.1) is 23.2 Å². The molecular formula is C14H16BrN3. The maximum atomic E-state index is 8.89. The first kappa shape index (κ1) is 12.0. The molecule has 0 amide bonds. The average Bonchev–Trinajstić information content (AvgIpc) is 2.85. The van der Waals surface area contributed by atoms with E-state index in [9.17, 15) is 0 Å². The monoisotopic (exact) mass is 305 g/mol. The minimum Gasteiger partial charge on any atom is -0.370 e. The number of rotatable bonds is 1. The van der Waals surface area contributed by atoms with Crippen LogP contribution in [0.4, 0.5) is 5.69 Å². The van der Waals surface area contributed by atoms with Gasteiger partial charge in [0, 0.05) is 17.6 Å². The zero-order valence-corrected chi connectivity index (χ0v) is 11.8. The van der Waals surface area contributed by atoms with Crippen LogP contribution < -0.4 is 10.2 Å². The summed E-state index contributed by atoms with van der Waals surface area (Å²) in [6.07, 6.45) is 1.27. The standard InChI is InChI=1S/C14H16BrN3/c15-13-5-10(6-16)1-2-14(13)18-4-3-11-7-17-8-12(11)9-18/h1-2,5,11-12,17H,3-4,7-9H2. The first-order valence-electron chi connectivity index (χ1n) is 6.43. The van der Waals surface area contributed by atoms with Gasteiger partial charge in [0.1, 0.15) is 0 Å². The molecule has 1 aromatic carbocycles. The molecule has 0 bridgehead atoms. The van der Waals surface area contributed by atoms with E-state index in [1.165, 1.54) is 18.7 Å². The third kappa shape index (κ3) is 2.13. The van der Waals surface area contributed by atoms with Crippen LogP contribution in [-0.4, -0.2) is 26.2 Å². The molecule has 94 valence electrons. The van der Waals surface area contributed by atoms with Crippen molar-refractivity contribution in [2.45, 2.75) is 6.42 Å². The van der Waals surface area contributed by atoms with Crippen LogP contribution >= 0.6 is 15.9 Å². The summed E-state index contributed by atoms with van der Waals surface area (Å²) in [4.78, 5) is 2.44. The lowest BCUT2D eigenvalue weighted by Gasteiger charge is -2.36. The molecule has 2 aliphatic heterocycles. The summed E-state index contributed by atoms with van der Waals surface area (Å²) in [5.74, 6) is 1.64. The summed E-state index contributed by atoms with van der Waals surface area (Å²) >= 11 is 3.59. The van der Waals surface area contributed by atoms with E-state index in [1.807, 2.05) is 12.1 Å². The van der Waals surface area contributed by atoms with Crippen LogP contribution in [0.15, 0.2) is 22.7 Å². The highest BCUT2D eigenvalue weighted by Crippen LogP contribution is 2.33. The number of nitriles is 1. The third-order valence-corrected chi connectivity index (χ3v) is 4.76. The number of hydrogen-bond donors (Lipinski definition) is 1. The number of piperidine rings is 1. The van der Waals surface area contributed by atoms with Crippen molar-refractivity contribution >= 4 is 21.6 Å². The molecule has 2 atom stereocenters. The maximum Gasteiger partial charge on any atom is 0.0992 e. The van der Waals surface area contributed by atoms with Crippen LogP contribution in [0.1, 0.15) is 12.0 Å². The molecule has 0 radical (unpaired) electrons. The molecule has 0 saturated carbocycles. The molecule has 2 saturated heterocycles. The summed E-state index contributed by atoms with van der Waals surface area (Å²) < 4.78 is 1.03. The Bertz CT molecular complexity index is 494. The molecule has 1 aromatic rings. The van der Waals surface area contributed by atoms with E-state index >= 15 is 0 Å². The van der Waals surface area contributed by atoms with Gasteiger partial charge in [-0.05, 0) is 65.5 Å². The molecule has 0 aliphatic carbocycles. The van der Waals surface area contributed by atoms with E-state index in [0.29, 0.717) is 5.56 Å². The van der Waals surface area contributed by atoms with Crippen molar-refractivity contribution in [1.29, 1.82) is 5.26 Å². The summed E-state index contributed by atoms with van der Waals surface area (Å²) in [6.45, 7) is 4.58. The van der Waals surface area contributed by atoms with Crippen LogP contribution in [0.3, 0.4) is 0 Å². The van der Waals surface area contributed by atoms with Crippen LogP contribution in [0.5, 0.6) is 0 Å². The minimum absolute atomic E-state index is 0.711. The molecule has 2 unspecified atom stereocenters. The Labute approximate surface area is 116 Å². The summed E-state index contributed by atoms with van der Waals surface area (Å²) in [5, 5.41) is 12.4. The van der Waals surface area contributed by atoms with Crippen LogP contribution in [0.25, 0.3) is 0 Å². The zero-order chi connectivity index (χ0) is 12.5. The Kier molecular flexibility index (Phi) is 3.27. The van der Waals surface area contributed by atoms with Crippen LogP contribution in [0.2, 0.25) is 0 Å². The van der Waals surface area contributed by atoms with Gasteiger partial charge in [0.15, 0.2) is 0 Å². The summed E-state index contributed by atoms with van der Waals surface area (Å²) in [6, 6.07) is 8.05. The van der Waals surface area contributed by atoms with E-state index in [1.54, 1.807) is 0 Å². The molecular weight excluding hydrogens is 290 g/mol. The van der Waals surface area contributed by atoms with E-state index in [2.05, 4.69) is 38.3 Å². The van der Waals surface area contributed by atoms with Crippen molar-refractivity contribution in [3.63, 3.8) is 0 Å². The number of nitrogens with zero attached hydrogens (tertiary/aromatic N) is 2. The fraction of sp³-hybridized carbons (Fsp3) is 0.500. The average molecular weight is 306 g/mol. The Morgan fingerprint density at radius 2 is 2.17 bits per heavy atom. The quantitative estimate of drug-likeness (QED) is 0.866. The molecule has 0 aromatic heterocycles. The molecule has 2 aliphatic rings. The molecule has 3 rings (SSSR count). The molecule has 1 N–H and O–H groups in total. The highest BCUT2D eigenvalue weighted by Gasteiger charge is 2.33. The largest absolute Gasteiger partial charge is 0.370 e. The topological polar surface area (TPSA) is 39.1 Å². The predicted molar refractivity (Wildman–Crippen MR) is 75.5 cm³/mol. The number of hydrogen-bond acceptors (Lipinski definition) is 3. The highest BCUT2D eigenvalue weighted by molar-refractivity contribution is 9.10. The molecule has 0 spiro atoms. The van der Waals surface area contributed by atoms with Crippen molar-refractivity contribution in [3.05, 3.63) is 28.2 Å². The summed E-state index contributed by atoms with van der Waals surface area (Å²) in [5.41, 5.74) is 1.93. The Hall–Kier alpha value is -1.05. The molecule has 18 heavy (non-hydrogen) atoms. The minimum atomic E-state index is 0.711. The zero-order valence-electron chi connectivity index (χ0n) is 10.2. The maximum absolute atomic E-state index is 8.89. The third-order valence-electron chi connectivity index (χ3n) is 4.12. The normalized spacial score (nSPS) is 26.8. The first-order valence-corrected chi connectivity index (χ1v) is 7.22. The number of benzene rings is 1. The number of fused-ring (bicyclic) bond motifs is 1. The Balaban J connectivity index is 1.81. The second kappa shape index (κ2) is 4.91. The lowest BCUT2D eigenvalue weighted by molar-refractivity contribution is 0.348. The predicted octanol–water partition coefficient (Wildman–Crippen LogP) is 2.37. The van der Waals surface area contributed by atoms with Gasteiger partial charge in [-0.3, -0.25) is 0 Å². The van der Waals surface area contributed by atoms with Gasteiger partial charge >= 0.3 is 0 Å². The van der Waals surface area contributed by atoms with E-state index < -0.39 is 0 Å². The lowest BCUT2D eigenvalue weighted by atomic mass is 9.88. The molecule has 3 nitrogen and oxygen atoms in total. The van der Waals surface area contributed by atoms with Gasteiger partial charge in [0.2, 0.25) is 0 Å². The van der Waals surface area contributed by atoms with Crippen molar-refractivity contribution < 1.29 is 0 Å². The number of nitrogens with one attached hydrogen (secondary N) is 1. The molecule has 2 heterocycles. The van der Waals surface area contributed by atoms with Gasteiger partial charge in [-0.1, -0.05) is 0 Å². The second-order valence-corrected chi connectivity index (χ2v) is 6.05. The number of halogens is 1. The molecule has 2 fully saturated rings. The SMILES string of the molecule is N#Cc1ccc(N2CCC3CNCC3C2)c(Br)c1. The fourth-order valence-electron chi connectivity index (χ4n) is 3.09. The first-order chi connectivity index (χ1) is 8.78. The van der Waals surface area contributed by atoms with Gasteiger partial charge in [0.25, 0.3) is 0 Å². The van der Waals surface area contributed by atoms with E-state index in [4.69, 9.17) is 5.26 Å². The lowest BCUT2D eigenvalue weighted by Crippen LogP contribution is -2.40. The van der Waals surface area contributed by atoms with Crippen LogP contribution in [-0.2, 0) is 0 Å². The summed E-state index contributed by atoms with van der Waals surface area (Å²) in [7, 11) is 0. The van der Waals surface area contributed by atoms with Gasteiger partial charge < -0.3 is 10.2 Å². The van der Waals surface area contributed by atoms with Crippen molar-refractivity contribution in [2.24, 2.45) is 11.8 Å². The smallest absolute Gasteiger partial charge is 0.0992 e. The van der Waals surface area contributed by atoms with Crippen molar-refractivity contribution in [1.82, 2.24) is 5.32 Å². The second-order valence-electron chi connectivity index (χ2n) is 5.19. The van der Waals surface area contributed by atoms with Crippen molar-refractivity contribution in [2.75, 3.05) is 31.1 Å². The van der Waals surface area contributed by atoms with E-state index in [0.717, 1.165) is 35.9 Å². The Morgan fingerprint density at radius 1 is 1.33 bits per heavy atom. The highest BCUT2D eigenvalue weighted by atomic mass is 79.9. The van der Waals surface area contributed by atoms with E-state index in [-0.39, 0.29) is 0 Å².